The number of halogens is 1. The molecule has 0 fully saturated rings. The molecule has 0 aliphatic heterocycles. The van der Waals surface area contributed by atoms with Gasteiger partial charge in [0.15, 0.2) is 11.0 Å². The van der Waals surface area contributed by atoms with Crippen LogP contribution in [0, 0.1) is 17.1 Å². The normalized spacial score (nSPS) is 10.4. The van der Waals surface area contributed by atoms with E-state index in [2.05, 4.69) is 15.5 Å². The molecule has 4 rings (SSSR count). The third-order valence-electron chi connectivity index (χ3n) is 4.83. The van der Waals surface area contributed by atoms with E-state index in [0.29, 0.717) is 33.7 Å². The minimum Gasteiger partial charge on any atom is -0.497 e. The number of rotatable bonds is 9. The number of hydrogen-bond acceptors (Lipinski definition) is 7. The standard InChI is InChI=1S/C25H20FN5O3S/c1-33-19-9-11-20(12-10-19)34-15-23-29-30-25(31(23)22-8-3-2-7-21(22)26)35-16-24(32)28-18-6-4-5-17(13-18)14-27/h2-13H,15-16H2,1H3,(H,28,32). The highest BCUT2D eigenvalue weighted by atomic mass is 32.2. The SMILES string of the molecule is COc1ccc(OCc2nnc(SCC(=O)Nc3cccc(C#N)c3)n2-c2ccccc2F)cc1. The van der Waals surface area contributed by atoms with Gasteiger partial charge in [-0.25, -0.2) is 4.39 Å². The summed E-state index contributed by atoms with van der Waals surface area (Å²) in [7, 11) is 1.58. The lowest BCUT2D eigenvalue weighted by atomic mass is 10.2. The Morgan fingerprint density at radius 2 is 1.86 bits per heavy atom. The van der Waals surface area contributed by atoms with Crippen molar-refractivity contribution in [1.29, 1.82) is 5.26 Å². The number of carbonyl (C=O) groups excluding carboxylic acids is 1. The lowest BCUT2D eigenvalue weighted by molar-refractivity contribution is -0.113. The van der Waals surface area contributed by atoms with Crippen LogP contribution in [0.15, 0.2) is 78.0 Å². The highest BCUT2D eigenvalue weighted by Crippen LogP contribution is 2.25. The van der Waals surface area contributed by atoms with E-state index >= 15 is 0 Å². The van der Waals surface area contributed by atoms with E-state index in [1.165, 1.54) is 10.6 Å². The first-order valence-electron chi connectivity index (χ1n) is 10.5. The largest absolute Gasteiger partial charge is 0.497 e. The Morgan fingerprint density at radius 1 is 1.09 bits per heavy atom. The molecular weight excluding hydrogens is 469 g/mol. The molecule has 0 saturated carbocycles. The lowest BCUT2D eigenvalue weighted by Gasteiger charge is -2.12. The zero-order valence-electron chi connectivity index (χ0n) is 18.6. The molecule has 35 heavy (non-hydrogen) atoms. The number of ether oxygens (including phenoxy) is 2. The predicted octanol–water partition coefficient (Wildman–Crippen LogP) is 4.60. The number of nitrogens with one attached hydrogen (secondary N) is 1. The summed E-state index contributed by atoms with van der Waals surface area (Å²) in [4.78, 5) is 12.5. The minimum absolute atomic E-state index is 0.00268. The van der Waals surface area contributed by atoms with Gasteiger partial charge in [0, 0.05) is 5.69 Å². The predicted molar refractivity (Wildman–Crippen MR) is 129 cm³/mol. The number of benzene rings is 3. The first-order valence-corrected chi connectivity index (χ1v) is 11.4. The lowest BCUT2D eigenvalue weighted by Crippen LogP contribution is -2.15. The molecule has 0 saturated heterocycles. The van der Waals surface area contributed by atoms with Crippen molar-refractivity contribution < 1.29 is 18.7 Å². The first kappa shape index (κ1) is 23.8. The van der Waals surface area contributed by atoms with E-state index in [1.54, 1.807) is 73.8 Å². The number of thioether (sulfide) groups is 1. The molecule has 0 unspecified atom stereocenters. The van der Waals surface area contributed by atoms with Crippen molar-refractivity contribution in [2.45, 2.75) is 11.8 Å². The fraction of sp³-hybridized carbons (Fsp3) is 0.120. The average Bonchev–Trinajstić information content (AvgIpc) is 3.29. The van der Waals surface area contributed by atoms with Crippen LogP contribution >= 0.6 is 11.8 Å². The van der Waals surface area contributed by atoms with Gasteiger partial charge >= 0.3 is 0 Å². The van der Waals surface area contributed by atoms with Crippen LogP contribution in [0.2, 0.25) is 0 Å². The number of para-hydroxylation sites is 1. The van der Waals surface area contributed by atoms with Crippen LogP contribution in [-0.2, 0) is 11.4 Å². The third kappa shape index (κ3) is 5.96. The molecule has 1 heterocycles. The molecule has 0 aliphatic rings. The quantitative estimate of drug-likeness (QED) is 0.343. The van der Waals surface area contributed by atoms with Gasteiger partial charge in [-0.2, -0.15) is 5.26 Å². The smallest absolute Gasteiger partial charge is 0.234 e. The van der Waals surface area contributed by atoms with Crippen molar-refractivity contribution in [2.24, 2.45) is 0 Å². The number of nitrogens with zero attached hydrogens (tertiary/aromatic N) is 4. The molecule has 0 spiro atoms. The highest BCUT2D eigenvalue weighted by molar-refractivity contribution is 7.99. The Hall–Kier alpha value is -4.36. The topological polar surface area (TPSA) is 102 Å². The zero-order chi connectivity index (χ0) is 24.6. The summed E-state index contributed by atoms with van der Waals surface area (Å²) in [5.74, 6) is 0.894. The molecule has 1 amide bonds. The molecule has 0 aliphatic carbocycles. The Kier molecular flexibility index (Phi) is 7.60. The molecule has 1 aromatic heterocycles. The average molecular weight is 490 g/mol. The second-order valence-corrected chi connectivity index (χ2v) is 8.12. The van der Waals surface area contributed by atoms with Gasteiger partial charge in [-0.3, -0.25) is 9.36 Å². The molecule has 0 bridgehead atoms. The fourth-order valence-corrected chi connectivity index (χ4v) is 3.94. The summed E-state index contributed by atoms with van der Waals surface area (Å²) in [6.45, 7) is 0.0291. The number of nitriles is 1. The van der Waals surface area contributed by atoms with Crippen LogP contribution in [0.4, 0.5) is 10.1 Å². The molecule has 0 atom stereocenters. The van der Waals surface area contributed by atoms with Crippen LogP contribution in [0.1, 0.15) is 11.4 Å². The summed E-state index contributed by atoms with van der Waals surface area (Å²) in [5.41, 5.74) is 1.20. The summed E-state index contributed by atoms with van der Waals surface area (Å²) < 4.78 is 27.2. The highest BCUT2D eigenvalue weighted by Gasteiger charge is 2.19. The Morgan fingerprint density at radius 3 is 2.60 bits per heavy atom. The van der Waals surface area contributed by atoms with E-state index in [1.807, 2.05) is 6.07 Å². The van der Waals surface area contributed by atoms with E-state index in [9.17, 15) is 9.18 Å². The summed E-state index contributed by atoms with van der Waals surface area (Å²) in [5, 5.41) is 20.4. The molecule has 1 N–H and O–H groups in total. The summed E-state index contributed by atoms with van der Waals surface area (Å²) in [6.07, 6.45) is 0. The summed E-state index contributed by atoms with van der Waals surface area (Å²) >= 11 is 1.11. The van der Waals surface area contributed by atoms with Crippen molar-refractivity contribution in [3.63, 3.8) is 0 Å². The van der Waals surface area contributed by atoms with E-state index in [4.69, 9.17) is 14.7 Å². The van der Waals surface area contributed by atoms with Gasteiger partial charge in [0.05, 0.1) is 30.2 Å². The fourth-order valence-electron chi connectivity index (χ4n) is 3.18. The molecule has 8 nitrogen and oxygen atoms in total. The number of aromatic nitrogens is 3. The van der Waals surface area contributed by atoms with Gasteiger partial charge in [-0.1, -0.05) is 30.0 Å². The Balaban J connectivity index is 1.51. The van der Waals surface area contributed by atoms with E-state index in [0.717, 1.165) is 11.8 Å². The van der Waals surface area contributed by atoms with Gasteiger partial charge in [0.25, 0.3) is 0 Å². The number of amides is 1. The van der Waals surface area contributed by atoms with Crippen molar-refractivity contribution in [3.8, 4) is 23.3 Å². The molecular formula is C25H20FN5O3S. The van der Waals surface area contributed by atoms with Crippen LogP contribution < -0.4 is 14.8 Å². The number of methoxy groups -OCH3 is 1. The molecule has 4 aromatic rings. The van der Waals surface area contributed by atoms with Crippen LogP contribution in [0.5, 0.6) is 11.5 Å². The first-order chi connectivity index (χ1) is 17.1. The van der Waals surface area contributed by atoms with E-state index < -0.39 is 5.82 Å². The number of anilines is 1. The summed E-state index contributed by atoms with van der Waals surface area (Å²) in [6, 6.07) is 21.9. The number of hydrogen-bond donors (Lipinski definition) is 1. The van der Waals surface area contributed by atoms with Gasteiger partial charge < -0.3 is 14.8 Å². The van der Waals surface area contributed by atoms with Crippen molar-refractivity contribution >= 4 is 23.4 Å². The van der Waals surface area contributed by atoms with Crippen molar-refractivity contribution in [1.82, 2.24) is 14.8 Å². The monoisotopic (exact) mass is 489 g/mol. The van der Waals surface area contributed by atoms with Gasteiger partial charge in [-0.05, 0) is 54.6 Å². The third-order valence-corrected chi connectivity index (χ3v) is 5.76. The molecule has 3 aromatic carbocycles. The van der Waals surface area contributed by atoms with Crippen LogP contribution in [0.25, 0.3) is 5.69 Å². The maximum Gasteiger partial charge on any atom is 0.234 e. The van der Waals surface area contributed by atoms with Gasteiger partial charge in [-0.15, -0.1) is 10.2 Å². The van der Waals surface area contributed by atoms with E-state index in [-0.39, 0.29) is 24.0 Å². The minimum atomic E-state index is -0.461. The van der Waals surface area contributed by atoms with Crippen molar-refractivity contribution in [3.05, 3.63) is 90.0 Å². The molecule has 176 valence electrons. The van der Waals surface area contributed by atoms with Crippen LogP contribution in [0.3, 0.4) is 0 Å². The van der Waals surface area contributed by atoms with Gasteiger partial charge in [0.1, 0.15) is 23.9 Å². The zero-order valence-corrected chi connectivity index (χ0v) is 19.5. The Bertz CT molecular complexity index is 1370. The van der Waals surface area contributed by atoms with Crippen LogP contribution in [-0.4, -0.2) is 33.5 Å². The second kappa shape index (κ2) is 11.2. The maximum absolute atomic E-state index is 14.7. The molecule has 0 radical (unpaired) electrons. The second-order valence-electron chi connectivity index (χ2n) is 7.18. The molecule has 10 heteroatoms. The Labute approximate surface area is 205 Å². The van der Waals surface area contributed by atoms with Gasteiger partial charge in [0.2, 0.25) is 5.91 Å². The number of carbonyl (C=O) groups is 1. The maximum atomic E-state index is 14.7. The van der Waals surface area contributed by atoms with Crippen molar-refractivity contribution in [2.75, 3.05) is 18.2 Å².